The maximum absolute atomic E-state index is 13.2. The summed E-state index contributed by atoms with van der Waals surface area (Å²) in [6, 6.07) is 10.9. The summed E-state index contributed by atoms with van der Waals surface area (Å²) in [5, 5.41) is 11.3. The standard InChI is InChI=1S/C23H18F3N5O3S/c1-12(2)30-18-11-29(10-16(18)27-20(30)13-6-4-3-5-7-13)22-28-21(32)15-8-14(23(24,25)26)9-17(31(33)34)19(15)35-22/h3-9,12H,10-11H2,1-2H3. The number of nitro benzene ring substituents is 1. The fraction of sp³-hybridized carbons (Fsp3) is 0.261. The quantitative estimate of drug-likeness (QED) is 0.269. The van der Waals surface area contributed by atoms with Crippen molar-refractivity contribution >= 4 is 32.2 Å². The Morgan fingerprint density at radius 1 is 1.11 bits per heavy atom. The highest BCUT2D eigenvalue weighted by Crippen LogP contribution is 2.40. The minimum absolute atomic E-state index is 0.0894. The second kappa shape index (κ2) is 8.15. The molecular weight excluding hydrogens is 483 g/mol. The molecule has 0 saturated carbocycles. The van der Waals surface area contributed by atoms with Crippen LogP contribution in [0.1, 0.15) is 36.8 Å². The number of hydrogen-bond acceptors (Lipinski definition) is 7. The molecule has 0 bridgehead atoms. The Hall–Kier alpha value is -3.80. The third kappa shape index (κ3) is 3.93. The minimum atomic E-state index is -4.83. The van der Waals surface area contributed by atoms with Crippen molar-refractivity contribution in [1.82, 2.24) is 14.5 Å². The first-order valence-electron chi connectivity index (χ1n) is 10.7. The van der Waals surface area contributed by atoms with Crippen molar-refractivity contribution in [3.05, 3.63) is 79.9 Å². The molecule has 0 unspecified atom stereocenters. The molecule has 12 heteroatoms. The molecule has 2 aromatic carbocycles. The number of rotatable bonds is 4. The van der Waals surface area contributed by atoms with Crippen molar-refractivity contribution in [2.75, 3.05) is 4.90 Å². The number of anilines is 1. The fourth-order valence-corrected chi connectivity index (χ4v) is 5.35. The lowest BCUT2D eigenvalue weighted by atomic mass is 10.1. The summed E-state index contributed by atoms with van der Waals surface area (Å²) in [6.45, 7) is 4.74. The summed E-state index contributed by atoms with van der Waals surface area (Å²) in [5.41, 5.74) is -0.277. The number of fused-ring (bicyclic) bond motifs is 2. The zero-order valence-electron chi connectivity index (χ0n) is 18.5. The van der Waals surface area contributed by atoms with Gasteiger partial charge in [-0.05, 0) is 19.9 Å². The van der Waals surface area contributed by atoms with Gasteiger partial charge in [0.15, 0.2) is 5.13 Å². The van der Waals surface area contributed by atoms with Crippen LogP contribution in [0.2, 0.25) is 0 Å². The smallest absolute Gasteiger partial charge is 0.336 e. The molecule has 0 radical (unpaired) electrons. The van der Waals surface area contributed by atoms with E-state index in [1.807, 2.05) is 44.2 Å². The Kier molecular flexibility index (Phi) is 5.35. The van der Waals surface area contributed by atoms with E-state index < -0.39 is 33.3 Å². The number of imidazole rings is 1. The third-order valence-corrected chi connectivity index (χ3v) is 6.97. The first kappa shape index (κ1) is 23.0. The molecule has 0 spiro atoms. The van der Waals surface area contributed by atoms with E-state index in [9.17, 15) is 28.1 Å². The molecule has 5 rings (SSSR count). The number of alkyl halides is 3. The molecule has 35 heavy (non-hydrogen) atoms. The Bertz CT molecular complexity index is 1530. The molecule has 2 aromatic heterocycles. The van der Waals surface area contributed by atoms with E-state index in [0.29, 0.717) is 25.2 Å². The number of nitro groups is 1. The van der Waals surface area contributed by atoms with E-state index in [2.05, 4.69) is 9.55 Å². The molecule has 4 aromatic rings. The highest BCUT2D eigenvalue weighted by molar-refractivity contribution is 7.22. The number of halogens is 3. The zero-order valence-corrected chi connectivity index (χ0v) is 19.4. The number of non-ortho nitro benzene ring substituents is 1. The van der Waals surface area contributed by atoms with Gasteiger partial charge in [-0.1, -0.05) is 41.7 Å². The summed E-state index contributed by atoms with van der Waals surface area (Å²) < 4.78 is 41.7. The van der Waals surface area contributed by atoms with Crippen molar-refractivity contribution in [2.24, 2.45) is 0 Å². The fourth-order valence-electron chi connectivity index (χ4n) is 4.28. The van der Waals surface area contributed by atoms with E-state index in [4.69, 9.17) is 4.98 Å². The van der Waals surface area contributed by atoms with Gasteiger partial charge in [-0.25, -0.2) is 4.98 Å². The highest BCUT2D eigenvalue weighted by atomic mass is 32.1. The van der Waals surface area contributed by atoms with E-state index in [0.717, 1.165) is 34.1 Å². The van der Waals surface area contributed by atoms with Gasteiger partial charge < -0.3 is 9.47 Å². The van der Waals surface area contributed by atoms with E-state index in [-0.39, 0.29) is 15.9 Å². The van der Waals surface area contributed by atoms with Crippen LogP contribution in [0.3, 0.4) is 0 Å². The van der Waals surface area contributed by atoms with Crippen molar-refractivity contribution in [3.63, 3.8) is 0 Å². The second-order valence-electron chi connectivity index (χ2n) is 8.44. The first-order chi connectivity index (χ1) is 16.5. The van der Waals surface area contributed by atoms with Gasteiger partial charge in [0.25, 0.3) is 11.2 Å². The van der Waals surface area contributed by atoms with Crippen LogP contribution in [0, 0.1) is 10.1 Å². The number of nitrogens with zero attached hydrogens (tertiary/aromatic N) is 5. The molecule has 0 aliphatic carbocycles. The van der Waals surface area contributed by atoms with Crippen molar-refractivity contribution in [1.29, 1.82) is 0 Å². The Balaban J connectivity index is 1.59. The van der Waals surface area contributed by atoms with Gasteiger partial charge in [0, 0.05) is 17.7 Å². The molecule has 1 aliphatic rings. The predicted molar refractivity (Wildman–Crippen MR) is 125 cm³/mol. The summed E-state index contributed by atoms with van der Waals surface area (Å²) in [4.78, 5) is 33.9. The van der Waals surface area contributed by atoms with Gasteiger partial charge in [-0.3, -0.25) is 14.9 Å². The van der Waals surface area contributed by atoms with Crippen molar-refractivity contribution < 1.29 is 18.1 Å². The summed E-state index contributed by atoms with van der Waals surface area (Å²) >= 11 is 0.830. The first-order valence-corrected chi connectivity index (χ1v) is 11.5. The monoisotopic (exact) mass is 501 g/mol. The number of hydrogen-bond donors (Lipinski definition) is 0. The summed E-state index contributed by atoms with van der Waals surface area (Å²) in [5.74, 6) is 0.820. The summed E-state index contributed by atoms with van der Waals surface area (Å²) in [7, 11) is 0. The van der Waals surface area contributed by atoms with Gasteiger partial charge >= 0.3 is 6.18 Å². The van der Waals surface area contributed by atoms with Gasteiger partial charge in [0.05, 0.1) is 40.4 Å². The molecule has 0 saturated heterocycles. The molecule has 0 fully saturated rings. The van der Waals surface area contributed by atoms with Crippen LogP contribution in [0.15, 0.2) is 47.3 Å². The molecule has 0 N–H and O–H groups in total. The Morgan fingerprint density at radius 3 is 2.46 bits per heavy atom. The normalized spacial score (nSPS) is 13.6. The highest BCUT2D eigenvalue weighted by Gasteiger charge is 2.35. The van der Waals surface area contributed by atoms with Gasteiger partial charge in [-0.2, -0.15) is 18.2 Å². The van der Waals surface area contributed by atoms with Crippen molar-refractivity contribution in [3.8, 4) is 11.4 Å². The lowest BCUT2D eigenvalue weighted by Gasteiger charge is -2.19. The van der Waals surface area contributed by atoms with Crippen LogP contribution in [0.5, 0.6) is 0 Å². The molecule has 8 nitrogen and oxygen atoms in total. The third-order valence-electron chi connectivity index (χ3n) is 5.81. The molecule has 0 atom stereocenters. The van der Waals surface area contributed by atoms with E-state index in [1.54, 1.807) is 4.90 Å². The Labute approximate surface area is 200 Å². The SMILES string of the molecule is CC(C)n1c(-c2ccccc2)nc2c1CN(c1nc(=O)c3cc(C(F)(F)F)cc([N+](=O)[O-])c3s1)C2. The van der Waals surface area contributed by atoms with Gasteiger partial charge in [0.2, 0.25) is 0 Å². The largest absolute Gasteiger partial charge is 0.416 e. The molecule has 1 aliphatic heterocycles. The second-order valence-corrected chi connectivity index (χ2v) is 9.42. The van der Waals surface area contributed by atoms with Gasteiger partial charge in [0.1, 0.15) is 10.5 Å². The molecule has 0 amide bonds. The average Bonchev–Trinajstić information content (AvgIpc) is 3.36. The van der Waals surface area contributed by atoms with E-state index >= 15 is 0 Å². The Morgan fingerprint density at radius 2 is 1.83 bits per heavy atom. The molecule has 180 valence electrons. The van der Waals surface area contributed by atoms with Crippen LogP contribution in [-0.4, -0.2) is 19.5 Å². The van der Waals surface area contributed by atoms with Crippen LogP contribution in [0.25, 0.3) is 21.5 Å². The number of benzene rings is 2. The number of aromatic nitrogens is 3. The molecular formula is C23H18F3N5O3S. The predicted octanol–water partition coefficient (Wildman–Crippen LogP) is 5.55. The molecule has 3 heterocycles. The van der Waals surface area contributed by atoms with Crippen LogP contribution >= 0.6 is 11.3 Å². The van der Waals surface area contributed by atoms with Crippen LogP contribution < -0.4 is 10.5 Å². The zero-order chi connectivity index (χ0) is 25.1. The average molecular weight is 501 g/mol. The van der Waals surface area contributed by atoms with Crippen LogP contribution in [-0.2, 0) is 19.3 Å². The van der Waals surface area contributed by atoms with Crippen LogP contribution in [0.4, 0.5) is 24.0 Å². The lowest BCUT2D eigenvalue weighted by Crippen LogP contribution is -2.21. The minimum Gasteiger partial charge on any atom is -0.336 e. The lowest BCUT2D eigenvalue weighted by molar-refractivity contribution is -0.383. The topological polar surface area (TPSA) is 94.2 Å². The summed E-state index contributed by atoms with van der Waals surface area (Å²) in [6.07, 6.45) is -4.83. The van der Waals surface area contributed by atoms with E-state index in [1.165, 1.54) is 0 Å². The van der Waals surface area contributed by atoms with Gasteiger partial charge in [-0.15, -0.1) is 0 Å². The maximum atomic E-state index is 13.2. The van der Waals surface area contributed by atoms with Crippen molar-refractivity contribution in [2.45, 2.75) is 39.2 Å². The maximum Gasteiger partial charge on any atom is 0.416 e.